The largest absolute Gasteiger partial charge is 0.276 e. The zero-order chi connectivity index (χ0) is 18.8. The van der Waals surface area contributed by atoms with Crippen LogP contribution in [0.15, 0.2) is 64.8 Å². The van der Waals surface area contributed by atoms with Gasteiger partial charge in [0.1, 0.15) is 10.5 Å². The van der Waals surface area contributed by atoms with E-state index in [1.807, 2.05) is 41.8 Å². The summed E-state index contributed by atoms with van der Waals surface area (Å²) in [4.78, 5) is 17.7. The molecule has 0 unspecified atom stereocenters. The van der Waals surface area contributed by atoms with E-state index in [2.05, 4.69) is 11.1 Å². The zero-order valence-electron chi connectivity index (χ0n) is 14.0. The van der Waals surface area contributed by atoms with Crippen molar-refractivity contribution in [2.75, 3.05) is 0 Å². The maximum Gasteiger partial charge on any atom is 0.276 e. The predicted octanol–water partition coefficient (Wildman–Crippen LogP) is 5.14. The summed E-state index contributed by atoms with van der Waals surface area (Å²) in [5.74, 6) is 0.451. The predicted molar refractivity (Wildman–Crippen MR) is 110 cm³/mol. The third-order valence-corrected chi connectivity index (χ3v) is 5.30. The van der Waals surface area contributed by atoms with Gasteiger partial charge in [-0.1, -0.05) is 41.9 Å². The molecule has 0 bridgehead atoms. The number of nitrogens with zero attached hydrogens (tertiary/aromatic N) is 3. The van der Waals surface area contributed by atoms with Crippen LogP contribution in [0.25, 0.3) is 28.1 Å². The molecule has 0 spiro atoms. The molecule has 4 aromatic rings. The van der Waals surface area contributed by atoms with Crippen LogP contribution in [0.4, 0.5) is 0 Å². The number of benzene rings is 2. The quantitative estimate of drug-likeness (QED) is 0.487. The first-order valence-electron chi connectivity index (χ1n) is 8.11. The molecule has 2 aromatic heterocycles. The van der Waals surface area contributed by atoms with Crippen molar-refractivity contribution < 1.29 is 0 Å². The standard InChI is InChI=1S/C21H12ClN3OS/c22-16-7-3-4-8-18(16)25-19(24-17-11-12-27-20(17)21(25)26)10-9-14-5-1-2-6-15(14)13-23/h1-12H. The number of nitriles is 1. The number of hydrogen-bond donors (Lipinski definition) is 0. The van der Waals surface area contributed by atoms with E-state index in [-0.39, 0.29) is 5.56 Å². The van der Waals surface area contributed by atoms with Crippen LogP contribution in [0.5, 0.6) is 0 Å². The molecule has 27 heavy (non-hydrogen) atoms. The fourth-order valence-electron chi connectivity index (χ4n) is 2.82. The van der Waals surface area contributed by atoms with E-state index in [1.54, 1.807) is 30.4 Å². The van der Waals surface area contributed by atoms with E-state index in [0.717, 1.165) is 5.56 Å². The van der Waals surface area contributed by atoms with Crippen LogP contribution in [-0.2, 0) is 0 Å². The van der Waals surface area contributed by atoms with E-state index in [0.29, 0.717) is 32.3 Å². The van der Waals surface area contributed by atoms with Gasteiger partial charge in [0.15, 0.2) is 0 Å². The van der Waals surface area contributed by atoms with Crippen molar-refractivity contribution in [2.45, 2.75) is 0 Å². The highest BCUT2D eigenvalue weighted by Crippen LogP contribution is 2.23. The summed E-state index contributed by atoms with van der Waals surface area (Å²) in [5.41, 5.74) is 2.35. The minimum Gasteiger partial charge on any atom is -0.267 e. The summed E-state index contributed by atoms with van der Waals surface area (Å²) in [6.45, 7) is 0. The summed E-state index contributed by atoms with van der Waals surface area (Å²) in [5, 5.41) is 11.6. The molecule has 0 fully saturated rings. The number of halogens is 1. The molecule has 0 saturated carbocycles. The fourth-order valence-corrected chi connectivity index (χ4v) is 3.80. The maximum absolute atomic E-state index is 13.1. The summed E-state index contributed by atoms with van der Waals surface area (Å²) >= 11 is 7.69. The topological polar surface area (TPSA) is 58.7 Å². The number of hydrogen-bond acceptors (Lipinski definition) is 4. The minimum absolute atomic E-state index is 0.170. The monoisotopic (exact) mass is 389 g/mol. The number of para-hydroxylation sites is 1. The van der Waals surface area contributed by atoms with Gasteiger partial charge in [-0.3, -0.25) is 9.36 Å². The van der Waals surface area contributed by atoms with Gasteiger partial charge in [0.05, 0.1) is 27.9 Å². The Morgan fingerprint density at radius 3 is 2.67 bits per heavy atom. The van der Waals surface area contributed by atoms with Crippen molar-refractivity contribution in [3.05, 3.63) is 92.3 Å². The van der Waals surface area contributed by atoms with Crippen LogP contribution in [0.1, 0.15) is 17.0 Å². The molecular weight excluding hydrogens is 378 g/mol. The lowest BCUT2D eigenvalue weighted by Gasteiger charge is -2.11. The van der Waals surface area contributed by atoms with Gasteiger partial charge < -0.3 is 0 Å². The van der Waals surface area contributed by atoms with Crippen LogP contribution in [0, 0.1) is 11.3 Å². The van der Waals surface area contributed by atoms with Crippen molar-refractivity contribution in [2.24, 2.45) is 0 Å². The molecule has 0 radical (unpaired) electrons. The highest BCUT2D eigenvalue weighted by molar-refractivity contribution is 7.17. The molecule has 6 heteroatoms. The van der Waals surface area contributed by atoms with Gasteiger partial charge in [-0.05, 0) is 47.4 Å². The van der Waals surface area contributed by atoms with E-state index in [9.17, 15) is 10.1 Å². The molecule has 0 amide bonds. The average molecular weight is 390 g/mol. The first-order chi connectivity index (χ1) is 13.2. The lowest BCUT2D eigenvalue weighted by Crippen LogP contribution is -2.21. The summed E-state index contributed by atoms with van der Waals surface area (Å²) < 4.78 is 2.08. The fraction of sp³-hybridized carbons (Fsp3) is 0. The van der Waals surface area contributed by atoms with Crippen molar-refractivity contribution in [3.8, 4) is 11.8 Å². The Kier molecular flexibility index (Phi) is 4.59. The Labute approximate surface area is 164 Å². The molecule has 4 rings (SSSR count). The van der Waals surface area contributed by atoms with Crippen LogP contribution < -0.4 is 5.56 Å². The Bertz CT molecular complexity index is 1280. The van der Waals surface area contributed by atoms with Gasteiger partial charge in [0.2, 0.25) is 0 Å². The van der Waals surface area contributed by atoms with Crippen LogP contribution in [0.2, 0.25) is 5.02 Å². The van der Waals surface area contributed by atoms with E-state index in [4.69, 9.17) is 11.6 Å². The summed E-state index contributed by atoms with van der Waals surface area (Å²) in [6, 6.07) is 18.4. The van der Waals surface area contributed by atoms with Crippen molar-refractivity contribution in [1.82, 2.24) is 9.55 Å². The summed E-state index contributed by atoms with van der Waals surface area (Å²) in [6.07, 6.45) is 3.52. The lowest BCUT2D eigenvalue weighted by molar-refractivity contribution is 0.947. The Hall–Kier alpha value is -3.20. The molecule has 0 aliphatic carbocycles. The maximum atomic E-state index is 13.1. The highest BCUT2D eigenvalue weighted by atomic mass is 35.5. The first-order valence-corrected chi connectivity index (χ1v) is 9.37. The molecule has 0 aliphatic rings. The second-order valence-electron chi connectivity index (χ2n) is 5.73. The Morgan fingerprint density at radius 2 is 1.85 bits per heavy atom. The smallest absolute Gasteiger partial charge is 0.267 e. The van der Waals surface area contributed by atoms with E-state index >= 15 is 0 Å². The van der Waals surface area contributed by atoms with Crippen molar-refractivity contribution >= 4 is 45.3 Å². The van der Waals surface area contributed by atoms with Crippen LogP contribution in [-0.4, -0.2) is 9.55 Å². The number of aromatic nitrogens is 2. The molecule has 0 atom stereocenters. The minimum atomic E-state index is -0.170. The molecular formula is C21H12ClN3OS. The average Bonchev–Trinajstić information content (AvgIpc) is 3.16. The lowest BCUT2D eigenvalue weighted by atomic mass is 10.1. The molecule has 2 aromatic carbocycles. The van der Waals surface area contributed by atoms with Gasteiger partial charge >= 0.3 is 0 Å². The van der Waals surface area contributed by atoms with E-state index in [1.165, 1.54) is 15.9 Å². The molecule has 130 valence electrons. The molecule has 4 nitrogen and oxygen atoms in total. The van der Waals surface area contributed by atoms with Gasteiger partial charge in [0.25, 0.3) is 5.56 Å². The van der Waals surface area contributed by atoms with Crippen molar-refractivity contribution in [1.29, 1.82) is 5.26 Å². The van der Waals surface area contributed by atoms with Gasteiger partial charge in [-0.2, -0.15) is 5.26 Å². The normalized spacial score (nSPS) is 11.1. The Morgan fingerprint density at radius 1 is 1.07 bits per heavy atom. The second-order valence-corrected chi connectivity index (χ2v) is 7.05. The zero-order valence-corrected chi connectivity index (χ0v) is 15.5. The Balaban J connectivity index is 1.96. The molecule has 0 saturated heterocycles. The molecule has 0 aliphatic heterocycles. The number of rotatable bonds is 3. The summed E-state index contributed by atoms with van der Waals surface area (Å²) in [7, 11) is 0. The third kappa shape index (κ3) is 3.17. The van der Waals surface area contributed by atoms with Crippen molar-refractivity contribution in [3.63, 3.8) is 0 Å². The number of thiophene rings is 1. The first kappa shape index (κ1) is 17.2. The van der Waals surface area contributed by atoms with Gasteiger partial charge in [0, 0.05) is 0 Å². The van der Waals surface area contributed by atoms with Gasteiger partial charge in [-0.25, -0.2) is 4.98 Å². The highest BCUT2D eigenvalue weighted by Gasteiger charge is 2.14. The van der Waals surface area contributed by atoms with Gasteiger partial charge in [-0.15, -0.1) is 11.3 Å². The van der Waals surface area contributed by atoms with Crippen LogP contribution in [0.3, 0.4) is 0 Å². The van der Waals surface area contributed by atoms with Crippen LogP contribution >= 0.6 is 22.9 Å². The SMILES string of the molecule is N#Cc1ccccc1C=Cc1nc2ccsc2c(=O)n1-c1ccccc1Cl. The van der Waals surface area contributed by atoms with E-state index < -0.39 is 0 Å². The number of fused-ring (bicyclic) bond motifs is 1. The third-order valence-electron chi connectivity index (χ3n) is 4.09. The second kappa shape index (κ2) is 7.20. The molecule has 0 N–H and O–H groups in total. The molecule has 2 heterocycles.